The zero-order chi connectivity index (χ0) is 19.6. The molecule has 144 valence electrons. The lowest BCUT2D eigenvalue weighted by atomic mass is 10.1. The zero-order valence-electron chi connectivity index (χ0n) is 15.3. The zero-order valence-corrected chi connectivity index (χ0v) is 16.1. The molecule has 0 aromatic heterocycles. The summed E-state index contributed by atoms with van der Waals surface area (Å²) >= 11 is 1.39. The Labute approximate surface area is 162 Å². The number of carbonyl (C=O) groups excluding carboxylic acids is 2. The number of imide groups is 1. The molecule has 0 radical (unpaired) electrons. The van der Waals surface area contributed by atoms with E-state index in [4.69, 9.17) is 9.47 Å². The van der Waals surface area contributed by atoms with Gasteiger partial charge in [-0.15, -0.1) is 0 Å². The van der Waals surface area contributed by atoms with E-state index in [0.29, 0.717) is 29.9 Å². The van der Waals surface area contributed by atoms with E-state index < -0.39 is 6.10 Å². The van der Waals surface area contributed by atoms with E-state index in [2.05, 4.69) is 5.32 Å². The summed E-state index contributed by atoms with van der Waals surface area (Å²) in [5, 5.41) is 12.2. The van der Waals surface area contributed by atoms with Crippen LogP contribution in [0, 0.1) is 0 Å². The van der Waals surface area contributed by atoms with Crippen molar-refractivity contribution in [3.05, 3.63) is 59.7 Å². The van der Waals surface area contributed by atoms with Gasteiger partial charge < -0.3 is 14.6 Å². The molecular formula is C20H23NO5S. The van der Waals surface area contributed by atoms with Crippen LogP contribution in [-0.4, -0.2) is 42.6 Å². The van der Waals surface area contributed by atoms with Gasteiger partial charge in [-0.25, -0.2) is 0 Å². The molecule has 2 N–H and O–H groups in total. The van der Waals surface area contributed by atoms with Gasteiger partial charge in [0.15, 0.2) is 0 Å². The van der Waals surface area contributed by atoms with Gasteiger partial charge in [0.2, 0.25) is 12.3 Å². The number of methoxy groups -OCH3 is 1. The lowest BCUT2D eigenvalue weighted by molar-refractivity contribution is -0.124. The molecular weight excluding hydrogens is 366 g/mol. The van der Waals surface area contributed by atoms with Crippen LogP contribution in [0.4, 0.5) is 0 Å². The number of ether oxygens (including phenoxy) is 2. The minimum atomic E-state index is -0.811. The maximum Gasteiger partial charge on any atom is 0.239 e. The van der Waals surface area contributed by atoms with Gasteiger partial charge in [-0.1, -0.05) is 30.3 Å². The van der Waals surface area contributed by atoms with Gasteiger partial charge in [0, 0.05) is 5.56 Å². The van der Waals surface area contributed by atoms with Gasteiger partial charge in [-0.3, -0.25) is 14.9 Å². The average molecular weight is 389 g/mol. The minimum Gasteiger partial charge on any atom is -0.496 e. The largest absolute Gasteiger partial charge is 0.496 e. The molecule has 0 fully saturated rings. The third kappa shape index (κ3) is 6.01. The molecule has 0 bridgehead atoms. The molecule has 0 heterocycles. The number of amides is 2. The number of aliphatic hydroxyl groups excluding tert-OH is 1. The van der Waals surface area contributed by atoms with Crippen molar-refractivity contribution in [1.82, 2.24) is 5.32 Å². The molecule has 2 atom stereocenters. The Balaban J connectivity index is 1.93. The molecule has 7 heteroatoms. The van der Waals surface area contributed by atoms with E-state index in [-0.39, 0.29) is 17.8 Å². The third-order valence-corrected chi connectivity index (χ3v) is 4.98. The summed E-state index contributed by atoms with van der Waals surface area (Å²) in [6.07, 6.45) is 1.92. The van der Waals surface area contributed by atoms with Gasteiger partial charge in [-0.2, -0.15) is 11.8 Å². The van der Waals surface area contributed by atoms with E-state index in [1.165, 1.54) is 11.8 Å². The second-order valence-electron chi connectivity index (χ2n) is 5.77. The Morgan fingerprint density at radius 3 is 2.56 bits per heavy atom. The fourth-order valence-corrected chi connectivity index (χ4v) is 3.22. The van der Waals surface area contributed by atoms with Crippen molar-refractivity contribution in [3.63, 3.8) is 0 Å². The molecule has 0 saturated heterocycles. The summed E-state index contributed by atoms with van der Waals surface area (Å²) in [7, 11) is 1.56. The summed E-state index contributed by atoms with van der Waals surface area (Å²) in [5.41, 5.74) is 1.62. The predicted molar refractivity (Wildman–Crippen MR) is 105 cm³/mol. The first-order valence-electron chi connectivity index (χ1n) is 8.38. The topological polar surface area (TPSA) is 84.9 Å². The molecule has 0 aliphatic rings. The summed E-state index contributed by atoms with van der Waals surface area (Å²) in [6, 6.07) is 14.6. The molecule has 2 unspecified atom stereocenters. The normalized spacial score (nSPS) is 12.7. The SMILES string of the molecule is COc1ccccc1C(O)COc1ccc(CC(SC)C(=O)NC=O)cc1. The summed E-state index contributed by atoms with van der Waals surface area (Å²) in [4.78, 5) is 22.2. The number of carbonyl (C=O) groups is 2. The first-order valence-corrected chi connectivity index (χ1v) is 9.67. The third-order valence-electron chi connectivity index (χ3n) is 4.03. The lowest BCUT2D eigenvalue weighted by Gasteiger charge is -2.16. The van der Waals surface area contributed by atoms with E-state index in [0.717, 1.165) is 5.56 Å². The highest BCUT2D eigenvalue weighted by Crippen LogP contribution is 2.25. The summed E-state index contributed by atoms with van der Waals surface area (Å²) < 4.78 is 10.9. The van der Waals surface area contributed by atoms with E-state index in [1.54, 1.807) is 31.4 Å². The van der Waals surface area contributed by atoms with Gasteiger partial charge >= 0.3 is 0 Å². The van der Waals surface area contributed by atoms with E-state index >= 15 is 0 Å². The van der Waals surface area contributed by atoms with Crippen molar-refractivity contribution in [2.75, 3.05) is 20.0 Å². The lowest BCUT2D eigenvalue weighted by Crippen LogP contribution is -2.32. The quantitative estimate of drug-likeness (QED) is 0.607. The molecule has 0 aliphatic heterocycles. The van der Waals surface area contributed by atoms with E-state index in [1.807, 2.05) is 30.5 Å². The van der Waals surface area contributed by atoms with Crippen LogP contribution in [0.3, 0.4) is 0 Å². The number of thioether (sulfide) groups is 1. The van der Waals surface area contributed by atoms with Crippen molar-refractivity contribution in [2.45, 2.75) is 17.8 Å². The molecule has 6 nitrogen and oxygen atoms in total. The molecule has 2 rings (SSSR count). The predicted octanol–water partition coefficient (Wildman–Crippen LogP) is 2.35. The van der Waals surface area contributed by atoms with Crippen LogP contribution in [0.1, 0.15) is 17.2 Å². The van der Waals surface area contributed by atoms with Gasteiger partial charge in [0.25, 0.3) is 0 Å². The fraction of sp³-hybridized carbons (Fsp3) is 0.300. The average Bonchev–Trinajstić information content (AvgIpc) is 2.71. The molecule has 2 aromatic carbocycles. The number of hydrogen-bond acceptors (Lipinski definition) is 6. The second-order valence-corrected chi connectivity index (χ2v) is 6.81. The highest BCUT2D eigenvalue weighted by Gasteiger charge is 2.17. The first-order chi connectivity index (χ1) is 13.1. The molecule has 2 amide bonds. The molecule has 0 aliphatic carbocycles. The van der Waals surface area contributed by atoms with Gasteiger partial charge in [-0.05, 0) is 36.4 Å². The Bertz CT molecular complexity index is 750. The van der Waals surface area contributed by atoms with Crippen molar-refractivity contribution < 1.29 is 24.2 Å². The van der Waals surface area contributed by atoms with Crippen LogP contribution in [-0.2, 0) is 16.0 Å². The van der Waals surface area contributed by atoms with E-state index in [9.17, 15) is 14.7 Å². The number of hydrogen-bond donors (Lipinski definition) is 2. The van der Waals surface area contributed by atoms with Crippen LogP contribution in [0.2, 0.25) is 0 Å². The molecule has 27 heavy (non-hydrogen) atoms. The van der Waals surface area contributed by atoms with Crippen molar-refractivity contribution in [1.29, 1.82) is 0 Å². The summed E-state index contributed by atoms with van der Waals surface area (Å²) in [5.74, 6) is 0.921. The maximum absolute atomic E-state index is 11.8. The number of rotatable bonds is 10. The first kappa shape index (κ1) is 20.8. The molecule has 0 saturated carbocycles. The van der Waals surface area contributed by atoms with Crippen LogP contribution < -0.4 is 14.8 Å². The van der Waals surface area contributed by atoms with Gasteiger partial charge in [0.1, 0.15) is 24.2 Å². The maximum atomic E-state index is 11.8. The standard InChI is InChI=1S/C20H23NO5S/c1-25-18-6-4-3-5-16(18)17(23)12-26-15-9-7-14(8-10-15)11-19(27-2)20(24)21-13-22/h3-10,13,17,19,23H,11-12H2,1-2H3,(H,21,22,24). The van der Waals surface area contributed by atoms with Crippen LogP contribution in [0.5, 0.6) is 11.5 Å². The fourth-order valence-electron chi connectivity index (χ4n) is 2.58. The Kier molecular flexibility index (Phi) is 8.16. The van der Waals surface area contributed by atoms with Crippen LogP contribution >= 0.6 is 11.8 Å². The Morgan fingerprint density at radius 2 is 1.93 bits per heavy atom. The number of benzene rings is 2. The summed E-state index contributed by atoms with van der Waals surface area (Å²) in [6.45, 7) is 0.0922. The second kappa shape index (κ2) is 10.6. The van der Waals surface area contributed by atoms with Crippen molar-refractivity contribution in [2.24, 2.45) is 0 Å². The number of nitrogens with one attached hydrogen (secondary N) is 1. The van der Waals surface area contributed by atoms with Crippen molar-refractivity contribution in [3.8, 4) is 11.5 Å². The van der Waals surface area contributed by atoms with Crippen molar-refractivity contribution >= 4 is 24.1 Å². The van der Waals surface area contributed by atoms with Crippen LogP contribution in [0.25, 0.3) is 0 Å². The monoisotopic (exact) mass is 389 g/mol. The Morgan fingerprint density at radius 1 is 1.22 bits per heavy atom. The highest BCUT2D eigenvalue weighted by atomic mass is 32.2. The van der Waals surface area contributed by atoms with Gasteiger partial charge in [0.05, 0.1) is 12.4 Å². The smallest absolute Gasteiger partial charge is 0.239 e. The number of para-hydroxylation sites is 1. The highest BCUT2D eigenvalue weighted by molar-refractivity contribution is 7.99. The van der Waals surface area contributed by atoms with Crippen LogP contribution in [0.15, 0.2) is 48.5 Å². The molecule has 2 aromatic rings. The minimum absolute atomic E-state index is 0.0922. The number of aliphatic hydroxyl groups is 1. The molecule has 0 spiro atoms. The Hall–Kier alpha value is -2.51.